The van der Waals surface area contributed by atoms with Gasteiger partial charge in [-0.1, -0.05) is 60.7 Å². The van der Waals surface area contributed by atoms with Crippen LogP contribution in [-0.4, -0.2) is 15.0 Å². The highest BCUT2D eigenvalue weighted by Gasteiger charge is 2.14. The Morgan fingerprint density at radius 1 is 0.879 bits per heavy atom. The summed E-state index contributed by atoms with van der Waals surface area (Å²) in [7, 11) is 0. The fourth-order valence-corrected chi connectivity index (χ4v) is 3.89. The normalized spacial score (nSPS) is 11.8. The van der Waals surface area contributed by atoms with E-state index in [0.717, 1.165) is 11.1 Å². The maximum absolute atomic E-state index is 12.8. The molecule has 6 nitrogen and oxygen atoms in total. The average Bonchev–Trinajstić information content (AvgIpc) is 2.85. The number of nitrogens with one attached hydrogen (secondary N) is 1. The number of para-hydroxylation sites is 2. The minimum absolute atomic E-state index is 0.120. The van der Waals surface area contributed by atoms with Crippen LogP contribution in [0.4, 0.5) is 0 Å². The molecule has 0 saturated carbocycles. The number of carbonyl (C=O) groups excluding carboxylic acids is 1. The van der Waals surface area contributed by atoms with Crippen LogP contribution in [0.1, 0.15) is 34.5 Å². The number of hydrogen-bond acceptors (Lipinski definition) is 3. The standard InChI is InChI=1S/C27H25N3O3/c1-3-17-29-23-11-7-8-12-24(23)30(27(33)26(29)32)18-20-13-15-22(16-14-20)25(31)28-19(2)21-9-5-4-6-10-21/h3-16,19H,1,17-18H2,2H3,(H,28,31)/t19-/m0/s1. The summed E-state index contributed by atoms with van der Waals surface area (Å²) in [6, 6.07) is 24.0. The number of carbonyl (C=O) groups is 1. The van der Waals surface area contributed by atoms with Crippen molar-refractivity contribution in [2.75, 3.05) is 0 Å². The Morgan fingerprint density at radius 3 is 2.09 bits per heavy atom. The van der Waals surface area contributed by atoms with Crippen LogP contribution in [0.5, 0.6) is 0 Å². The molecular weight excluding hydrogens is 414 g/mol. The van der Waals surface area contributed by atoms with E-state index in [2.05, 4.69) is 11.9 Å². The van der Waals surface area contributed by atoms with Crippen LogP contribution in [0, 0.1) is 0 Å². The SMILES string of the molecule is C=CCn1c(=O)c(=O)n(Cc2ccc(C(=O)N[C@@H](C)c3ccccc3)cc2)c2ccccc21. The zero-order valence-corrected chi connectivity index (χ0v) is 18.4. The van der Waals surface area contributed by atoms with Gasteiger partial charge >= 0.3 is 11.1 Å². The largest absolute Gasteiger partial charge is 0.346 e. The molecule has 166 valence electrons. The molecule has 6 heteroatoms. The number of benzene rings is 3. The minimum Gasteiger partial charge on any atom is -0.346 e. The van der Waals surface area contributed by atoms with Crippen molar-refractivity contribution in [3.63, 3.8) is 0 Å². The van der Waals surface area contributed by atoms with Gasteiger partial charge in [-0.25, -0.2) is 0 Å². The van der Waals surface area contributed by atoms with Crippen LogP contribution in [0.15, 0.2) is 101 Å². The van der Waals surface area contributed by atoms with Gasteiger partial charge in [0.2, 0.25) is 0 Å². The van der Waals surface area contributed by atoms with Gasteiger partial charge in [-0.2, -0.15) is 0 Å². The molecular formula is C27H25N3O3. The van der Waals surface area contributed by atoms with Gasteiger partial charge in [0.15, 0.2) is 0 Å². The maximum Gasteiger partial charge on any atom is 0.317 e. The third-order valence-electron chi connectivity index (χ3n) is 5.65. The third-order valence-corrected chi connectivity index (χ3v) is 5.65. The predicted molar refractivity (Wildman–Crippen MR) is 131 cm³/mol. The first kappa shape index (κ1) is 22.0. The number of amides is 1. The van der Waals surface area contributed by atoms with E-state index in [1.54, 1.807) is 30.3 Å². The summed E-state index contributed by atoms with van der Waals surface area (Å²) in [5.41, 5.74) is 2.54. The van der Waals surface area contributed by atoms with Crippen molar-refractivity contribution in [3.05, 3.63) is 129 Å². The summed E-state index contributed by atoms with van der Waals surface area (Å²) in [5.74, 6) is -0.174. The smallest absolute Gasteiger partial charge is 0.317 e. The highest BCUT2D eigenvalue weighted by atomic mass is 16.2. The lowest BCUT2D eigenvalue weighted by molar-refractivity contribution is 0.0940. The second-order valence-electron chi connectivity index (χ2n) is 7.89. The Hall–Kier alpha value is -4.19. The summed E-state index contributed by atoms with van der Waals surface area (Å²) in [5, 5.41) is 2.99. The van der Waals surface area contributed by atoms with E-state index >= 15 is 0 Å². The van der Waals surface area contributed by atoms with Gasteiger partial charge in [-0.05, 0) is 42.3 Å². The van der Waals surface area contributed by atoms with Crippen molar-refractivity contribution in [2.24, 2.45) is 0 Å². The number of fused-ring (bicyclic) bond motifs is 1. The first-order valence-corrected chi connectivity index (χ1v) is 10.8. The monoisotopic (exact) mass is 439 g/mol. The number of aromatic nitrogens is 2. The van der Waals surface area contributed by atoms with Gasteiger partial charge < -0.3 is 5.32 Å². The molecule has 0 aliphatic rings. The second kappa shape index (κ2) is 9.53. The van der Waals surface area contributed by atoms with Crippen LogP contribution in [-0.2, 0) is 13.1 Å². The second-order valence-corrected chi connectivity index (χ2v) is 7.89. The molecule has 0 fully saturated rings. The predicted octanol–water partition coefficient (Wildman–Crippen LogP) is 3.89. The zero-order valence-electron chi connectivity index (χ0n) is 18.4. The molecule has 0 radical (unpaired) electrons. The summed E-state index contributed by atoms with van der Waals surface area (Å²) >= 11 is 0. The molecule has 0 saturated heterocycles. The summed E-state index contributed by atoms with van der Waals surface area (Å²) in [4.78, 5) is 38.2. The van der Waals surface area contributed by atoms with E-state index in [1.165, 1.54) is 9.13 Å². The highest BCUT2D eigenvalue weighted by Crippen LogP contribution is 2.15. The molecule has 0 unspecified atom stereocenters. The molecule has 1 atom stereocenters. The molecule has 0 spiro atoms. The molecule has 0 bridgehead atoms. The molecule has 1 aromatic heterocycles. The van der Waals surface area contributed by atoms with Gasteiger partial charge in [-0.3, -0.25) is 23.5 Å². The highest BCUT2D eigenvalue weighted by molar-refractivity contribution is 5.94. The number of rotatable bonds is 7. The Labute approximate surface area is 191 Å². The lowest BCUT2D eigenvalue weighted by Gasteiger charge is -2.15. The summed E-state index contributed by atoms with van der Waals surface area (Å²) in [6.45, 7) is 6.11. The van der Waals surface area contributed by atoms with Gasteiger partial charge in [0, 0.05) is 12.1 Å². The molecule has 1 heterocycles. The Bertz CT molecular complexity index is 1420. The van der Waals surface area contributed by atoms with Gasteiger partial charge in [0.25, 0.3) is 5.91 Å². The molecule has 4 rings (SSSR count). The van der Waals surface area contributed by atoms with E-state index in [-0.39, 0.29) is 25.0 Å². The van der Waals surface area contributed by atoms with E-state index < -0.39 is 11.1 Å². The number of nitrogens with zero attached hydrogens (tertiary/aromatic N) is 2. The number of allylic oxidation sites excluding steroid dienone is 1. The lowest BCUT2D eigenvalue weighted by atomic mass is 10.1. The topological polar surface area (TPSA) is 73.1 Å². The van der Waals surface area contributed by atoms with Crippen LogP contribution >= 0.6 is 0 Å². The van der Waals surface area contributed by atoms with Crippen molar-refractivity contribution in [3.8, 4) is 0 Å². The van der Waals surface area contributed by atoms with E-state index in [4.69, 9.17) is 0 Å². The lowest BCUT2D eigenvalue weighted by Crippen LogP contribution is -2.41. The number of hydrogen-bond donors (Lipinski definition) is 1. The zero-order chi connectivity index (χ0) is 23.4. The molecule has 1 amide bonds. The quantitative estimate of drug-likeness (QED) is 0.351. The molecule has 33 heavy (non-hydrogen) atoms. The van der Waals surface area contributed by atoms with Gasteiger partial charge in [0.1, 0.15) is 0 Å². The van der Waals surface area contributed by atoms with Crippen molar-refractivity contribution in [2.45, 2.75) is 26.1 Å². The van der Waals surface area contributed by atoms with E-state index in [1.807, 2.05) is 61.5 Å². The first-order valence-electron chi connectivity index (χ1n) is 10.8. The molecule has 3 aromatic carbocycles. The van der Waals surface area contributed by atoms with Crippen molar-refractivity contribution >= 4 is 16.9 Å². The van der Waals surface area contributed by atoms with E-state index in [9.17, 15) is 14.4 Å². The minimum atomic E-state index is -0.589. The van der Waals surface area contributed by atoms with Gasteiger partial charge in [-0.15, -0.1) is 6.58 Å². The summed E-state index contributed by atoms with van der Waals surface area (Å²) in [6.07, 6.45) is 1.60. The van der Waals surface area contributed by atoms with Crippen molar-refractivity contribution in [1.29, 1.82) is 0 Å². The maximum atomic E-state index is 12.8. The Kier molecular flexibility index (Phi) is 6.36. The van der Waals surface area contributed by atoms with Crippen LogP contribution < -0.4 is 16.4 Å². The fourth-order valence-electron chi connectivity index (χ4n) is 3.89. The molecule has 0 aliphatic heterocycles. The fraction of sp³-hybridized carbons (Fsp3) is 0.148. The van der Waals surface area contributed by atoms with Crippen molar-refractivity contribution < 1.29 is 4.79 Å². The Balaban J connectivity index is 1.59. The Morgan fingerprint density at radius 2 is 1.45 bits per heavy atom. The molecule has 1 N–H and O–H groups in total. The van der Waals surface area contributed by atoms with E-state index in [0.29, 0.717) is 16.6 Å². The molecule has 0 aliphatic carbocycles. The van der Waals surface area contributed by atoms with Crippen molar-refractivity contribution in [1.82, 2.24) is 14.5 Å². The molecule has 4 aromatic rings. The van der Waals surface area contributed by atoms with Crippen LogP contribution in [0.3, 0.4) is 0 Å². The average molecular weight is 440 g/mol. The van der Waals surface area contributed by atoms with Crippen LogP contribution in [0.2, 0.25) is 0 Å². The summed E-state index contributed by atoms with van der Waals surface area (Å²) < 4.78 is 2.91. The van der Waals surface area contributed by atoms with Gasteiger partial charge in [0.05, 0.1) is 23.6 Å². The van der Waals surface area contributed by atoms with Crippen LogP contribution in [0.25, 0.3) is 11.0 Å². The third kappa shape index (κ3) is 4.55. The first-order chi connectivity index (χ1) is 16.0.